The van der Waals surface area contributed by atoms with E-state index in [1.807, 2.05) is 13.0 Å². The monoisotopic (exact) mass is 366 g/mol. The molecule has 0 saturated heterocycles. The Hall–Kier alpha value is -3.30. The summed E-state index contributed by atoms with van der Waals surface area (Å²) in [4.78, 5) is 12.5. The summed E-state index contributed by atoms with van der Waals surface area (Å²) in [6.45, 7) is 1.82. The Balaban J connectivity index is 2.10. The SMILES string of the molecule is Cc1cc(-c2nccc(/C(C#N)=N/c3ccc(F)c(Cl)c3)c2O)ccn1. The molecule has 7 heteroatoms. The highest BCUT2D eigenvalue weighted by Crippen LogP contribution is 2.31. The van der Waals surface area contributed by atoms with Gasteiger partial charge in [0.1, 0.15) is 17.6 Å². The van der Waals surface area contributed by atoms with E-state index < -0.39 is 5.82 Å². The third-order valence-corrected chi connectivity index (χ3v) is 3.89. The first-order valence-corrected chi connectivity index (χ1v) is 7.92. The van der Waals surface area contributed by atoms with Crippen LogP contribution in [0.4, 0.5) is 10.1 Å². The van der Waals surface area contributed by atoms with E-state index in [2.05, 4.69) is 15.0 Å². The molecular weight excluding hydrogens is 355 g/mol. The summed E-state index contributed by atoms with van der Waals surface area (Å²) in [7, 11) is 0. The van der Waals surface area contributed by atoms with Crippen molar-refractivity contribution in [3.8, 4) is 23.1 Å². The van der Waals surface area contributed by atoms with Crippen LogP contribution in [0.15, 0.2) is 53.8 Å². The Morgan fingerprint density at radius 2 is 1.96 bits per heavy atom. The molecule has 2 heterocycles. The molecule has 0 saturated carbocycles. The highest BCUT2D eigenvalue weighted by atomic mass is 35.5. The highest BCUT2D eigenvalue weighted by Gasteiger charge is 2.15. The minimum atomic E-state index is -0.578. The second-order valence-corrected chi connectivity index (χ2v) is 5.82. The number of aromatic nitrogens is 2. The maximum absolute atomic E-state index is 13.3. The fraction of sp³-hybridized carbons (Fsp3) is 0.0526. The van der Waals surface area contributed by atoms with Crippen LogP contribution in [0.3, 0.4) is 0 Å². The van der Waals surface area contributed by atoms with Gasteiger partial charge in [0.15, 0.2) is 11.5 Å². The average Bonchev–Trinajstić information content (AvgIpc) is 2.63. The Labute approximate surface area is 154 Å². The summed E-state index contributed by atoms with van der Waals surface area (Å²) in [5, 5.41) is 20.0. The van der Waals surface area contributed by atoms with Gasteiger partial charge < -0.3 is 5.11 Å². The van der Waals surface area contributed by atoms with Crippen LogP contribution in [0.2, 0.25) is 5.02 Å². The van der Waals surface area contributed by atoms with Crippen LogP contribution in [0, 0.1) is 24.1 Å². The smallest absolute Gasteiger partial charge is 0.152 e. The van der Waals surface area contributed by atoms with E-state index in [1.165, 1.54) is 24.4 Å². The van der Waals surface area contributed by atoms with Crippen molar-refractivity contribution in [1.82, 2.24) is 9.97 Å². The average molecular weight is 367 g/mol. The molecule has 0 aliphatic rings. The molecule has 26 heavy (non-hydrogen) atoms. The summed E-state index contributed by atoms with van der Waals surface area (Å²) in [6.07, 6.45) is 3.09. The van der Waals surface area contributed by atoms with Crippen molar-refractivity contribution in [3.63, 3.8) is 0 Å². The first-order valence-electron chi connectivity index (χ1n) is 7.55. The van der Waals surface area contributed by atoms with Gasteiger partial charge in [-0.3, -0.25) is 9.97 Å². The number of nitrogens with zero attached hydrogens (tertiary/aromatic N) is 4. The maximum Gasteiger partial charge on any atom is 0.152 e. The van der Waals surface area contributed by atoms with Gasteiger partial charge >= 0.3 is 0 Å². The van der Waals surface area contributed by atoms with Crippen LogP contribution in [0.1, 0.15) is 11.3 Å². The van der Waals surface area contributed by atoms with Gasteiger partial charge in [0, 0.05) is 23.7 Å². The second-order valence-electron chi connectivity index (χ2n) is 5.41. The topological polar surface area (TPSA) is 82.2 Å². The van der Waals surface area contributed by atoms with E-state index in [1.54, 1.807) is 18.3 Å². The number of pyridine rings is 2. The number of hydrogen-bond donors (Lipinski definition) is 1. The standard InChI is InChI=1S/C19H12ClFN4O/c1-11-8-12(4-6-23-11)18-19(26)14(5-7-24-18)17(10-22)25-13-2-3-16(21)15(20)9-13/h2-9,26H,1H3/b25-17+. The van der Waals surface area contributed by atoms with Gasteiger partial charge in [-0.05, 0) is 43.3 Å². The Morgan fingerprint density at radius 3 is 2.65 bits per heavy atom. The highest BCUT2D eigenvalue weighted by molar-refractivity contribution is 6.31. The first kappa shape index (κ1) is 17.5. The molecule has 5 nitrogen and oxygen atoms in total. The lowest BCUT2D eigenvalue weighted by Crippen LogP contribution is -2.00. The minimum absolute atomic E-state index is 0.0420. The van der Waals surface area contributed by atoms with Crippen molar-refractivity contribution in [2.45, 2.75) is 6.92 Å². The molecule has 2 aromatic heterocycles. The van der Waals surface area contributed by atoms with Crippen LogP contribution < -0.4 is 0 Å². The fourth-order valence-corrected chi connectivity index (χ4v) is 2.55. The molecule has 0 bridgehead atoms. The van der Waals surface area contributed by atoms with Crippen molar-refractivity contribution in [2.75, 3.05) is 0 Å². The number of benzene rings is 1. The summed E-state index contributed by atoms with van der Waals surface area (Å²) in [5.41, 5.74) is 2.22. The molecular formula is C19H12ClFN4O. The lowest BCUT2D eigenvalue weighted by molar-refractivity contribution is 0.474. The van der Waals surface area contributed by atoms with Crippen molar-refractivity contribution in [3.05, 3.63) is 70.9 Å². The molecule has 0 atom stereocenters. The summed E-state index contributed by atoms with van der Waals surface area (Å²) < 4.78 is 13.3. The number of aliphatic imine (C=N–C) groups is 1. The molecule has 3 aromatic rings. The summed E-state index contributed by atoms with van der Waals surface area (Å²) in [6, 6.07) is 10.8. The Morgan fingerprint density at radius 1 is 1.19 bits per heavy atom. The van der Waals surface area contributed by atoms with Gasteiger partial charge in [-0.15, -0.1) is 0 Å². The molecule has 0 unspecified atom stereocenters. The van der Waals surface area contributed by atoms with Gasteiger partial charge in [-0.1, -0.05) is 11.6 Å². The van der Waals surface area contributed by atoms with Gasteiger partial charge in [0.2, 0.25) is 0 Å². The summed E-state index contributed by atoms with van der Waals surface area (Å²) in [5.74, 6) is -0.752. The summed E-state index contributed by atoms with van der Waals surface area (Å²) >= 11 is 5.75. The van der Waals surface area contributed by atoms with E-state index in [0.29, 0.717) is 16.9 Å². The Bertz CT molecular complexity index is 1060. The number of nitriles is 1. The van der Waals surface area contributed by atoms with E-state index in [4.69, 9.17) is 11.6 Å². The van der Waals surface area contributed by atoms with Gasteiger partial charge in [0.25, 0.3) is 0 Å². The molecule has 0 amide bonds. The minimum Gasteiger partial charge on any atom is -0.505 e. The Kier molecular flexibility index (Phi) is 4.92. The van der Waals surface area contributed by atoms with Crippen LogP contribution in [-0.4, -0.2) is 20.8 Å². The zero-order chi connectivity index (χ0) is 18.7. The van der Waals surface area contributed by atoms with E-state index in [0.717, 1.165) is 11.8 Å². The van der Waals surface area contributed by atoms with E-state index >= 15 is 0 Å². The number of halogens is 2. The van der Waals surface area contributed by atoms with Gasteiger partial charge in [0.05, 0.1) is 16.3 Å². The molecule has 1 N–H and O–H groups in total. The molecule has 0 fully saturated rings. The van der Waals surface area contributed by atoms with Crippen molar-refractivity contribution in [2.24, 2.45) is 4.99 Å². The third-order valence-electron chi connectivity index (χ3n) is 3.60. The molecule has 0 spiro atoms. The third kappa shape index (κ3) is 3.53. The van der Waals surface area contributed by atoms with Crippen LogP contribution in [0.25, 0.3) is 11.3 Å². The maximum atomic E-state index is 13.3. The number of aromatic hydroxyl groups is 1. The zero-order valence-electron chi connectivity index (χ0n) is 13.6. The number of rotatable bonds is 3. The van der Waals surface area contributed by atoms with Crippen LogP contribution >= 0.6 is 11.6 Å². The predicted octanol–water partition coefficient (Wildman–Crippen LogP) is 4.59. The first-order chi connectivity index (χ1) is 12.5. The quantitative estimate of drug-likeness (QED) is 0.687. The van der Waals surface area contributed by atoms with E-state index in [9.17, 15) is 14.8 Å². The normalized spacial score (nSPS) is 11.2. The van der Waals surface area contributed by atoms with Gasteiger partial charge in [-0.2, -0.15) is 5.26 Å². The van der Waals surface area contributed by atoms with Crippen molar-refractivity contribution in [1.29, 1.82) is 5.26 Å². The fourth-order valence-electron chi connectivity index (χ4n) is 2.38. The molecule has 0 aliphatic carbocycles. The van der Waals surface area contributed by atoms with E-state index in [-0.39, 0.29) is 22.0 Å². The molecule has 3 rings (SSSR count). The molecule has 1 aromatic carbocycles. The molecule has 0 aliphatic heterocycles. The predicted molar refractivity (Wildman–Crippen MR) is 97.1 cm³/mol. The number of hydrogen-bond acceptors (Lipinski definition) is 5. The van der Waals surface area contributed by atoms with Crippen LogP contribution in [-0.2, 0) is 0 Å². The van der Waals surface area contributed by atoms with Crippen molar-refractivity contribution < 1.29 is 9.50 Å². The van der Waals surface area contributed by atoms with Crippen LogP contribution in [0.5, 0.6) is 5.75 Å². The largest absolute Gasteiger partial charge is 0.505 e. The lowest BCUT2D eigenvalue weighted by atomic mass is 10.1. The lowest BCUT2D eigenvalue weighted by Gasteiger charge is -2.08. The number of aryl methyl sites for hydroxylation is 1. The van der Waals surface area contributed by atoms with Gasteiger partial charge in [-0.25, -0.2) is 9.38 Å². The molecule has 0 radical (unpaired) electrons. The second kappa shape index (κ2) is 7.30. The zero-order valence-corrected chi connectivity index (χ0v) is 14.4. The van der Waals surface area contributed by atoms with Crippen molar-refractivity contribution >= 4 is 23.0 Å². The molecule has 128 valence electrons.